The fraction of sp³-hybridized carbons (Fsp3) is 0. The summed E-state index contributed by atoms with van der Waals surface area (Å²) in [6, 6.07) is 0. The molecule has 0 unspecified atom stereocenters. The van der Waals surface area contributed by atoms with Crippen LogP contribution in [0.15, 0.2) is 0 Å². The number of hydrogen-bond acceptors (Lipinski definition) is 3. The summed E-state index contributed by atoms with van der Waals surface area (Å²) in [5.74, 6) is 0. The quantitative estimate of drug-likeness (QED) is 0.392. The predicted molar refractivity (Wildman–Crippen MR) is 5.75 cm³/mol. The van der Waals surface area contributed by atoms with Crippen LogP contribution in [0.25, 0.3) is 0 Å². The topological polar surface area (TPSA) is 69.2 Å². The predicted octanol–water partition coefficient (Wildman–Crippen LogP) is -3.95. The van der Waals surface area contributed by atoms with Gasteiger partial charge in [-0.25, -0.2) is 0 Å². The van der Waals surface area contributed by atoms with E-state index in [1.807, 2.05) is 0 Å². The van der Waals surface area contributed by atoms with Gasteiger partial charge in [0.1, 0.15) is 0 Å². The van der Waals surface area contributed by atoms with E-state index in [1.165, 1.54) is 0 Å². The van der Waals surface area contributed by atoms with Crippen molar-refractivity contribution >= 4 is 7.32 Å². The zero-order valence-corrected chi connectivity index (χ0v) is 4.15. The Morgan fingerprint density at radius 2 is 1.00 bits per heavy atom. The van der Waals surface area contributed by atoms with Crippen molar-refractivity contribution in [2.75, 3.05) is 0 Å². The molecule has 0 aliphatic carbocycles. The third-order valence-corrected chi connectivity index (χ3v) is 0. The molecule has 0 aliphatic heterocycles. The van der Waals surface area contributed by atoms with E-state index in [4.69, 9.17) is 15.1 Å². The first-order chi connectivity index (χ1) is 1.73. The maximum absolute atomic E-state index is 8.42. The van der Waals surface area contributed by atoms with Crippen molar-refractivity contribution in [3.05, 3.63) is 0 Å². The molecule has 0 fully saturated rings. The first-order valence-electron chi connectivity index (χ1n) is 0.707. The Labute approximate surface area is 60.2 Å². The van der Waals surface area contributed by atoms with Crippen LogP contribution in [-0.4, -0.2) is 7.32 Å². The molecule has 0 atom stereocenters. The van der Waals surface area contributed by atoms with E-state index in [0.717, 1.165) is 0 Å². The zero-order chi connectivity index (χ0) is 3.58. The minimum atomic E-state index is -2.92. The third-order valence-electron chi connectivity index (χ3n) is 0. The molecule has 0 amide bonds. The molecule has 0 saturated carbocycles. The Bertz CT molecular complexity index is 11.6. The van der Waals surface area contributed by atoms with Crippen LogP contribution in [0.5, 0.6) is 0 Å². The van der Waals surface area contributed by atoms with Crippen molar-refractivity contribution in [2.45, 2.75) is 0 Å². The molecule has 0 spiro atoms. The van der Waals surface area contributed by atoms with E-state index in [0.29, 0.717) is 0 Å². The number of rotatable bonds is 0. The largest absolute Gasteiger partial charge is 3.00 e. The summed E-state index contributed by atoms with van der Waals surface area (Å²) in [6.07, 6.45) is 0. The van der Waals surface area contributed by atoms with Gasteiger partial charge in [-0.2, -0.15) is 0 Å². The molecular formula is BDyO3. The van der Waals surface area contributed by atoms with Crippen LogP contribution in [0.4, 0.5) is 0 Å². The molecule has 31 valence electrons. The molecule has 0 saturated heterocycles. The Balaban J connectivity index is 0. The molecule has 0 heterocycles. The molecule has 0 bridgehead atoms. The van der Waals surface area contributed by atoms with Crippen LogP contribution < -0.4 is 15.1 Å². The molecule has 0 aliphatic rings. The monoisotopic (exact) mass is 223 g/mol. The summed E-state index contributed by atoms with van der Waals surface area (Å²) < 4.78 is 0. The minimum absolute atomic E-state index is 0. The summed E-state index contributed by atoms with van der Waals surface area (Å²) in [5, 5.41) is 25.2. The molecule has 1 radical (unpaired) electrons. The molecule has 5 heavy (non-hydrogen) atoms. The maximum Gasteiger partial charge on any atom is 3.00 e. The van der Waals surface area contributed by atoms with Gasteiger partial charge in [-0.3, -0.25) is 7.32 Å². The average molecular weight is 221 g/mol. The Morgan fingerprint density at radius 3 is 1.00 bits per heavy atom. The van der Waals surface area contributed by atoms with Crippen LogP contribution in [0.3, 0.4) is 0 Å². The second-order valence-electron chi connectivity index (χ2n) is 0.289. The Hall–Kier alpha value is 1.22. The van der Waals surface area contributed by atoms with Gasteiger partial charge < -0.3 is 15.1 Å². The molecule has 5 heteroatoms. The van der Waals surface area contributed by atoms with Crippen molar-refractivity contribution in [1.29, 1.82) is 0 Å². The molecular weight excluding hydrogens is 221 g/mol. The van der Waals surface area contributed by atoms with Crippen LogP contribution in [0.2, 0.25) is 0 Å². The standard InChI is InChI=1S/BO3.Dy/c2-1(3)4;/q-3;+3. The number of hydrogen-bond donors (Lipinski definition) is 0. The molecule has 0 aromatic heterocycles. The van der Waals surface area contributed by atoms with Gasteiger partial charge in [0.05, 0.1) is 0 Å². The first kappa shape index (κ1) is 9.52. The van der Waals surface area contributed by atoms with Crippen molar-refractivity contribution in [3.63, 3.8) is 0 Å². The second kappa shape index (κ2) is 5.22. The SMILES string of the molecule is [Dy+3].[O-]B([O-])[O-]. The van der Waals surface area contributed by atoms with E-state index in [1.54, 1.807) is 0 Å². The van der Waals surface area contributed by atoms with Gasteiger partial charge in [0, 0.05) is 0 Å². The van der Waals surface area contributed by atoms with E-state index in [-0.39, 0.29) is 38.2 Å². The van der Waals surface area contributed by atoms with Gasteiger partial charge in [-0.15, -0.1) is 0 Å². The summed E-state index contributed by atoms with van der Waals surface area (Å²) in [4.78, 5) is 0. The summed E-state index contributed by atoms with van der Waals surface area (Å²) >= 11 is 0. The summed E-state index contributed by atoms with van der Waals surface area (Å²) in [7, 11) is -2.92. The van der Waals surface area contributed by atoms with Crippen LogP contribution >= 0.6 is 0 Å². The van der Waals surface area contributed by atoms with Crippen molar-refractivity contribution < 1.29 is 53.2 Å². The molecule has 3 nitrogen and oxygen atoms in total. The Kier molecular flexibility index (Phi) is 9.93. The normalized spacial score (nSPS) is 5.40. The fourth-order valence-corrected chi connectivity index (χ4v) is 0. The maximum atomic E-state index is 8.42. The van der Waals surface area contributed by atoms with Gasteiger partial charge in [0.15, 0.2) is 0 Å². The second-order valence-corrected chi connectivity index (χ2v) is 0.289. The van der Waals surface area contributed by atoms with Crippen LogP contribution in [-0.2, 0) is 0 Å². The van der Waals surface area contributed by atoms with Crippen molar-refractivity contribution in [2.24, 2.45) is 0 Å². The van der Waals surface area contributed by atoms with E-state index >= 15 is 0 Å². The van der Waals surface area contributed by atoms with Gasteiger partial charge in [0.2, 0.25) is 0 Å². The van der Waals surface area contributed by atoms with Gasteiger partial charge >= 0.3 is 38.2 Å². The van der Waals surface area contributed by atoms with Crippen LogP contribution in [0.1, 0.15) is 0 Å². The van der Waals surface area contributed by atoms with Gasteiger partial charge in [-0.1, -0.05) is 0 Å². The summed E-state index contributed by atoms with van der Waals surface area (Å²) in [5.41, 5.74) is 0. The Morgan fingerprint density at radius 1 is 1.00 bits per heavy atom. The molecule has 0 rings (SSSR count). The van der Waals surface area contributed by atoms with Crippen molar-refractivity contribution in [3.8, 4) is 0 Å². The molecule has 0 aromatic carbocycles. The minimum Gasteiger partial charge on any atom is -0.907 e. The fourth-order valence-electron chi connectivity index (χ4n) is 0. The van der Waals surface area contributed by atoms with E-state index in [2.05, 4.69) is 0 Å². The molecule has 0 aromatic rings. The van der Waals surface area contributed by atoms with Gasteiger partial charge in [0.25, 0.3) is 0 Å². The van der Waals surface area contributed by atoms with Gasteiger partial charge in [-0.05, 0) is 0 Å². The zero-order valence-electron chi connectivity index (χ0n) is 2.12. The smallest absolute Gasteiger partial charge is 0.907 e. The first-order valence-corrected chi connectivity index (χ1v) is 0.707. The molecule has 0 N–H and O–H groups in total. The van der Waals surface area contributed by atoms with E-state index in [9.17, 15) is 0 Å². The average Bonchev–Trinajstić information content (AvgIpc) is 0.811. The third kappa shape index (κ3) is 36.4. The summed E-state index contributed by atoms with van der Waals surface area (Å²) in [6.45, 7) is 0. The van der Waals surface area contributed by atoms with E-state index < -0.39 is 7.32 Å². The van der Waals surface area contributed by atoms with Crippen molar-refractivity contribution in [1.82, 2.24) is 0 Å². The van der Waals surface area contributed by atoms with Crippen LogP contribution in [0, 0.1) is 38.2 Å².